The van der Waals surface area contributed by atoms with Gasteiger partial charge in [-0.05, 0) is 29.7 Å². The molecule has 0 radical (unpaired) electrons. The van der Waals surface area contributed by atoms with Gasteiger partial charge < -0.3 is 9.47 Å². The molecule has 1 aliphatic rings. The third-order valence-electron chi connectivity index (χ3n) is 4.68. The highest BCUT2D eigenvalue weighted by Gasteiger charge is 2.30. The van der Waals surface area contributed by atoms with Gasteiger partial charge in [-0.1, -0.05) is 66.7 Å². The van der Waals surface area contributed by atoms with E-state index in [1.54, 1.807) is 0 Å². The zero-order valence-corrected chi connectivity index (χ0v) is 14.6. The van der Waals surface area contributed by atoms with E-state index < -0.39 is 0 Å². The number of ether oxygens (including phenoxy) is 2. The van der Waals surface area contributed by atoms with Crippen LogP contribution < -0.4 is 4.74 Å². The highest BCUT2D eigenvalue weighted by atomic mass is 16.5. The molecule has 0 aromatic heterocycles. The molecule has 0 unspecified atom stereocenters. The Kier molecular flexibility index (Phi) is 4.44. The predicted molar refractivity (Wildman–Crippen MR) is 101 cm³/mol. The molecular formula is C23H20O3. The number of fused-ring (bicyclic) bond motifs is 3. The average molecular weight is 344 g/mol. The molecule has 1 aliphatic carbocycles. The monoisotopic (exact) mass is 344 g/mol. The summed E-state index contributed by atoms with van der Waals surface area (Å²) in [4.78, 5) is 12.4. The number of esters is 1. The summed E-state index contributed by atoms with van der Waals surface area (Å²) in [6.07, 6.45) is -0.122. The van der Waals surface area contributed by atoms with Gasteiger partial charge in [-0.2, -0.15) is 0 Å². The molecule has 4 rings (SSSR count). The molecule has 26 heavy (non-hydrogen) atoms. The minimum Gasteiger partial charge on any atom is -0.493 e. The molecule has 0 fully saturated rings. The standard InChI is InChI=1S/C23H20O3/c1-16-8-2-7-13-21(16)25-15-14-22(24)26-23-19-11-5-3-9-17(19)18-10-4-6-12-20(18)23/h2-13,23H,14-15H2,1H3. The van der Waals surface area contributed by atoms with Crippen molar-refractivity contribution >= 4 is 5.97 Å². The number of rotatable bonds is 5. The maximum atomic E-state index is 12.4. The topological polar surface area (TPSA) is 35.5 Å². The largest absolute Gasteiger partial charge is 0.493 e. The molecule has 3 heteroatoms. The van der Waals surface area contributed by atoms with E-state index in [9.17, 15) is 4.79 Å². The quantitative estimate of drug-likeness (QED) is 0.606. The van der Waals surface area contributed by atoms with Crippen LogP contribution in [-0.4, -0.2) is 12.6 Å². The summed E-state index contributed by atoms with van der Waals surface area (Å²) >= 11 is 0. The lowest BCUT2D eigenvalue weighted by molar-refractivity contribution is -0.147. The van der Waals surface area contributed by atoms with Crippen LogP contribution in [0.2, 0.25) is 0 Å². The molecule has 0 bridgehead atoms. The number of carbonyl (C=O) groups is 1. The number of hydrogen-bond donors (Lipinski definition) is 0. The Bertz CT molecular complexity index is 900. The second-order valence-electron chi connectivity index (χ2n) is 6.41. The van der Waals surface area contributed by atoms with Crippen LogP contribution in [0.25, 0.3) is 11.1 Å². The fraction of sp³-hybridized carbons (Fsp3) is 0.174. The molecule has 0 heterocycles. The van der Waals surface area contributed by atoms with E-state index in [1.165, 1.54) is 0 Å². The SMILES string of the molecule is Cc1ccccc1OCCC(=O)OC1c2ccccc2-c2ccccc21. The molecule has 0 saturated heterocycles. The van der Waals surface area contributed by atoms with Gasteiger partial charge in [0.1, 0.15) is 5.75 Å². The van der Waals surface area contributed by atoms with Crippen molar-refractivity contribution < 1.29 is 14.3 Å². The lowest BCUT2D eigenvalue weighted by Gasteiger charge is -2.15. The van der Waals surface area contributed by atoms with Crippen molar-refractivity contribution in [2.24, 2.45) is 0 Å². The highest BCUT2D eigenvalue weighted by molar-refractivity contribution is 5.80. The van der Waals surface area contributed by atoms with Gasteiger partial charge in [-0.3, -0.25) is 4.79 Å². The molecule has 0 N–H and O–H groups in total. The van der Waals surface area contributed by atoms with Crippen molar-refractivity contribution in [3.05, 3.63) is 89.5 Å². The second-order valence-corrected chi connectivity index (χ2v) is 6.41. The molecule has 3 aromatic carbocycles. The summed E-state index contributed by atoms with van der Waals surface area (Å²) < 4.78 is 11.5. The van der Waals surface area contributed by atoms with E-state index in [2.05, 4.69) is 12.1 Å². The average Bonchev–Trinajstić information content (AvgIpc) is 2.98. The number of benzene rings is 3. The summed E-state index contributed by atoms with van der Waals surface area (Å²) in [5.74, 6) is 0.548. The van der Waals surface area contributed by atoms with Crippen molar-refractivity contribution in [2.75, 3.05) is 6.61 Å². The summed E-state index contributed by atoms with van der Waals surface area (Å²) in [7, 11) is 0. The smallest absolute Gasteiger partial charge is 0.310 e. The predicted octanol–water partition coefficient (Wildman–Crippen LogP) is 5.08. The summed E-state index contributed by atoms with van der Waals surface area (Å²) in [6.45, 7) is 2.29. The molecule has 3 nitrogen and oxygen atoms in total. The number of carbonyl (C=O) groups excluding carboxylic acids is 1. The van der Waals surface area contributed by atoms with Gasteiger partial charge in [0.25, 0.3) is 0 Å². The molecular weight excluding hydrogens is 324 g/mol. The lowest BCUT2D eigenvalue weighted by Crippen LogP contribution is -2.14. The fourth-order valence-corrected chi connectivity index (χ4v) is 3.39. The van der Waals surface area contributed by atoms with Crippen LogP contribution in [0.15, 0.2) is 72.8 Å². The van der Waals surface area contributed by atoms with E-state index >= 15 is 0 Å². The first-order chi connectivity index (χ1) is 12.7. The van der Waals surface area contributed by atoms with Crippen LogP contribution in [0, 0.1) is 6.92 Å². The Morgan fingerprint density at radius 3 is 2.08 bits per heavy atom. The van der Waals surface area contributed by atoms with Crippen LogP contribution in [0.3, 0.4) is 0 Å². The van der Waals surface area contributed by atoms with Crippen molar-refractivity contribution in [1.82, 2.24) is 0 Å². The van der Waals surface area contributed by atoms with Gasteiger partial charge in [0, 0.05) is 11.1 Å². The second kappa shape index (κ2) is 7.04. The molecule has 0 aliphatic heterocycles. The molecule has 130 valence electrons. The van der Waals surface area contributed by atoms with Crippen molar-refractivity contribution in [2.45, 2.75) is 19.4 Å². The van der Waals surface area contributed by atoms with Crippen LogP contribution >= 0.6 is 0 Å². The Morgan fingerprint density at radius 1 is 0.846 bits per heavy atom. The summed E-state index contributed by atoms with van der Waals surface area (Å²) in [5.41, 5.74) is 5.41. The first-order valence-electron chi connectivity index (χ1n) is 8.80. The third kappa shape index (κ3) is 3.08. The Balaban J connectivity index is 1.44. The molecule has 0 atom stereocenters. The molecule has 0 amide bonds. The number of para-hydroxylation sites is 1. The van der Waals surface area contributed by atoms with Gasteiger partial charge in [0.05, 0.1) is 13.0 Å². The van der Waals surface area contributed by atoms with Crippen molar-refractivity contribution in [3.63, 3.8) is 0 Å². The maximum Gasteiger partial charge on any atom is 0.310 e. The van der Waals surface area contributed by atoms with Crippen molar-refractivity contribution in [3.8, 4) is 16.9 Å². The van der Waals surface area contributed by atoms with E-state index in [-0.39, 0.29) is 18.5 Å². The highest BCUT2D eigenvalue weighted by Crippen LogP contribution is 2.45. The van der Waals surface area contributed by atoms with E-state index in [1.807, 2.05) is 67.6 Å². The van der Waals surface area contributed by atoms with E-state index in [0.717, 1.165) is 33.6 Å². The summed E-state index contributed by atoms with van der Waals surface area (Å²) in [5, 5.41) is 0. The van der Waals surface area contributed by atoms with Crippen LogP contribution in [-0.2, 0) is 9.53 Å². The van der Waals surface area contributed by atoms with Gasteiger partial charge >= 0.3 is 5.97 Å². The van der Waals surface area contributed by atoms with Gasteiger partial charge in [0.15, 0.2) is 6.10 Å². The fourth-order valence-electron chi connectivity index (χ4n) is 3.39. The number of hydrogen-bond acceptors (Lipinski definition) is 3. The maximum absolute atomic E-state index is 12.4. The van der Waals surface area contributed by atoms with Gasteiger partial charge in [0.2, 0.25) is 0 Å². The minimum absolute atomic E-state index is 0.217. The van der Waals surface area contributed by atoms with Crippen LogP contribution in [0.5, 0.6) is 5.75 Å². The van der Waals surface area contributed by atoms with Crippen LogP contribution in [0.4, 0.5) is 0 Å². The van der Waals surface area contributed by atoms with Gasteiger partial charge in [-0.15, -0.1) is 0 Å². The number of aryl methyl sites for hydroxylation is 1. The minimum atomic E-state index is -0.339. The third-order valence-corrected chi connectivity index (χ3v) is 4.68. The van der Waals surface area contributed by atoms with E-state index in [0.29, 0.717) is 6.61 Å². The van der Waals surface area contributed by atoms with Crippen molar-refractivity contribution in [1.29, 1.82) is 0 Å². The summed E-state index contributed by atoms with van der Waals surface area (Å²) in [6, 6.07) is 24.0. The first-order valence-corrected chi connectivity index (χ1v) is 8.80. The Labute approximate surface area is 153 Å². The zero-order chi connectivity index (χ0) is 17.9. The lowest BCUT2D eigenvalue weighted by atomic mass is 10.1. The Hall–Kier alpha value is -3.07. The zero-order valence-electron chi connectivity index (χ0n) is 14.6. The van der Waals surface area contributed by atoms with E-state index in [4.69, 9.17) is 9.47 Å². The first kappa shape index (κ1) is 16.4. The molecule has 0 saturated carbocycles. The molecule has 0 spiro atoms. The normalized spacial score (nSPS) is 12.3. The van der Waals surface area contributed by atoms with Gasteiger partial charge in [-0.25, -0.2) is 0 Å². The Morgan fingerprint density at radius 2 is 1.42 bits per heavy atom. The molecule has 3 aromatic rings. The van der Waals surface area contributed by atoms with Crippen LogP contribution in [0.1, 0.15) is 29.2 Å².